The van der Waals surface area contributed by atoms with Crippen LogP contribution < -0.4 is 0 Å². The Hall–Kier alpha value is -2.36. The van der Waals surface area contributed by atoms with Crippen LogP contribution in [0.4, 0.5) is 17.6 Å². The summed E-state index contributed by atoms with van der Waals surface area (Å²) in [5, 5.41) is 1.56. The van der Waals surface area contributed by atoms with Gasteiger partial charge in [0, 0.05) is 5.39 Å². The number of unbranched alkanes of at least 4 members (excludes halogenated alkanes) is 3. The molecule has 4 heteroatoms. The van der Waals surface area contributed by atoms with Crippen molar-refractivity contribution in [1.82, 2.24) is 0 Å². The van der Waals surface area contributed by atoms with Crippen molar-refractivity contribution in [2.45, 2.75) is 89.6 Å². The molecule has 3 aromatic rings. The predicted octanol–water partition coefficient (Wildman–Crippen LogP) is 10.0. The molecule has 0 spiro atoms. The van der Waals surface area contributed by atoms with Crippen LogP contribution >= 0.6 is 0 Å². The number of fused-ring (bicyclic) bond motifs is 1. The number of hydrogen-bond donors (Lipinski definition) is 0. The third-order valence-electron chi connectivity index (χ3n) is 7.81. The van der Waals surface area contributed by atoms with Gasteiger partial charge in [0.15, 0.2) is 0 Å². The fourth-order valence-electron chi connectivity index (χ4n) is 5.59. The molecule has 1 aliphatic rings. The summed E-state index contributed by atoms with van der Waals surface area (Å²) < 4.78 is 53.5. The van der Waals surface area contributed by atoms with Gasteiger partial charge in [0.25, 0.3) is 0 Å². The molecule has 0 aliphatic heterocycles. The molecule has 35 heavy (non-hydrogen) atoms. The van der Waals surface area contributed by atoms with Gasteiger partial charge in [-0.2, -0.15) is 13.2 Å². The molecule has 0 saturated heterocycles. The van der Waals surface area contributed by atoms with E-state index in [2.05, 4.69) is 19.1 Å². The van der Waals surface area contributed by atoms with E-state index in [1.54, 1.807) is 0 Å². The van der Waals surface area contributed by atoms with E-state index in [4.69, 9.17) is 0 Å². The summed E-state index contributed by atoms with van der Waals surface area (Å²) in [6.07, 6.45) is 8.37. The van der Waals surface area contributed by atoms with Crippen LogP contribution in [0.25, 0.3) is 10.8 Å². The molecule has 0 nitrogen and oxygen atoms in total. The number of rotatable bonds is 9. The van der Waals surface area contributed by atoms with Crippen molar-refractivity contribution in [1.29, 1.82) is 0 Å². The third-order valence-corrected chi connectivity index (χ3v) is 7.81. The largest absolute Gasteiger partial charge is 0.416 e. The fourth-order valence-corrected chi connectivity index (χ4v) is 5.59. The minimum atomic E-state index is -4.34. The van der Waals surface area contributed by atoms with Crippen LogP contribution in [0.2, 0.25) is 0 Å². The van der Waals surface area contributed by atoms with Gasteiger partial charge < -0.3 is 0 Å². The topological polar surface area (TPSA) is 0 Å². The van der Waals surface area contributed by atoms with Gasteiger partial charge in [0.1, 0.15) is 5.82 Å². The van der Waals surface area contributed by atoms with Crippen molar-refractivity contribution in [2.75, 3.05) is 0 Å². The molecular weight excluding hydrogens is 448 g/mol. The molecule has 4 rings (SSSR count). The molecule has 1 fully saturated rings. The van der Waals surface area contributed by atoms with Crippen molar-refractivity contribution in [2.24, 2.45) is 5.92 Å². The highest BCUT2D eigenvalue weighted by Gasteiger charge is 2.30. The zero-order chi connectivity index (χ0) is 24.8. The summed E-state index contributed by atoms with van der Waals surface area (Å²) >= 11 is 0. The average Bonchev–Trinajstić information content (AvgIpc) is 2.86. The maximum absolute atomic E-state index is 15.2. The molecule has 0 unspecified atom stereocenters. The lowest BCUT2D eigenvalue weighted by Crippen LogP contribution is -2.13. The molecule has 0 bridgehead atoms. The van der Waals surface area contributed by atoms with E-state index in [0.717, 1.165) is 29.0 Å². The van der Waals surface area contributed by atoms with Gasteiger partial charge in [-0.05, 0) is 84.6 Å². The lowest BCUT2D eigenvalue weighted by Gasteiger charge is -2.29. The van der Waals surface area contributed by atoms with E-state index in [1.807, 2.05) is 18.2 Å². The van der Waals surface area contributed by atoms with Gasteiger partial charge in [-0.25, -0.2) is 4.39 Å². The van der Waals surface area contributed by atoms with E-state index in [1.165, 1.54) is 75.5 Å². The van der Waals surface area contributed by atoms with Gasteiger partial charge in [-0.1, -0.05) is 81.5 Å². The molecule has 0 radical (unpaired) electrons. The van der Waals surface area contributed by atoms with Gasteiger partial charge in [0.05, 0.1) is 5.56 Å². The van der Waals surface area contributed by atoms with Crippen LogP contribution in [0, 0.1) is 11.7 Å². The minimum Gasteiger partial charge on any atom is -0.206 e. The molecule has 0 heterocycles. The summed E-state index contributed by atoms with van der Waals surface area (Å²) in [6.45, 7) is 2.25. The normalized spacial score (nSPS) is 18.8. The van der Waals surface area contributed by atoms with Gasteiger partial charge in [0.2, 0.25) is 0 Å². The first-order chi connectivity index (χ1) is 16.8. The van der Waals surface area contributed by atoms with E-state index < -0.39 is 11.7 Å². The molecule has 0 aromatic heterocycles. The average molecular weight is 485 g/mol. The summed E-state index contributed by atoms with van der Waals surface area (Å²) in [7, 11) is 0. The van der Waals surface area contributed by atoms with Crippen LogP contribution in [0.15, 0.2) is 54.6 Å². The predicted molar refractivity (Wildman–Crippen MR) is 136 cm³/mol. The SMILES string of the molecule is CCCCCCC1CCC(c2ccc3c(F)c(CCc4ccc(C(F)(F)F)cc4)ccc3c2)CC1. The number of alkyl halides is 3. The maximum Gasteiger partial charge on any atom is 0.416 e. The Bertz CT molecular complexity index is 1090. The zero-order valence-corrected chi connectivity index (χ0v) is 20.6. The van der Waals surface area contributed by atoms with E-state index in [0.29, 0.717) is 29.7 Å². The maximum atomic E-state index is 15.2. The molecule has 1 aliphatic carbocycles. The first-order valence-corrected chi connectivity index (χ1v) is 13.2. The summed E-state index contributed by atoms with van der Waals surface area (Å²) in [5.74, 6) is 1.22. The van der Waals surface area contributed by atoms with E-state index in [9.17, 15) is 13.2 Å². The van der Waals surface area contributed by atoms with Crippen LogP contribution in [0.3, 0.4) is 0 Å². The second-order valence-corrected chi connectivity index (χ2v) is 10.3. The van der Waals surface area contributed by atoms with Gasteiger partial charge >= 0.3 is 6.18 Å². The Morgan fingerprint density at radius 3 is 2.23 bits per heavy atom. The minimum absolute atomic E-state index is 0.211. The highest BCUT2D eigenvalue weighted by Crippen LogP contribution is 2.39. The monoisotopic (exact) mass is 484 g/mol. The molecule has 1 saturated carbocycles. The second-order valence-electron chi connectivity index (χ2n) is 10.3. The van der Waals surface area contributed by atoms with Crippen molar-refractivity contribution >= 4 is 10.8 Å². The fraction of sp³-hybridized carbons (Fsp3) is 0.484. The molecule has 3 aromatic carbocycles. The Kier molecular flexibility index (Phi) is 8.51. The summed E-state index contributed by atoms with van der Waals surface area (Å²) in [5.41, 5.74) is 2.04. The summed E-state index contributed by atoms with van der Waals surface area (Å²) in [6, 6.07) is 15.1. The lowest BCUT2D eigenvalue weighted by atomic mass is 9.76. The van der Waals surface area contributed by atoms with Crippen LogP contribution in [-0.2, 0) is 19.0 Å². The molecule has 188 valence electrons. The summed E-state index contributed by atoms with van der Waals surface area (Å²) in [4.78, 5) is 0. The molecular formula is C31H36F4. The third kappa shape index (κ3) is 6.65. The molecule has 0 amide bonds. The van der Waals surface area contributed by atoms with Crippen LogP contribution in [-0.4, -0.2) is 0 Å². The number of aryl methyl sites for hydroxylation is 2. The quantitative estimate of drug-likeness (QED) is 0.209. The zero-order valence-electron chi connectivity index (χ0n) is 20.6. The number of halogens is 4. The Morgan fingerprint density at radius 2 is 1.54 bits per heavy atom. The van der Waals surface area contributed by atoms with Crippen molar-refractivity contribution < 1.29 is 17.6 Å². The van der Waals surface area contributed by atoms with Crippen molar-refractivity contribution in [3.63, 3.8) is 0 Å². The first-order valence-electron chi connectivity index (χ1n) is 13.2. The highest BCUT2D eigenvalue weighted by molar-refractivity contribution is 5.84. The van der Waals surface area contributed by atoms with Gasteiger partial charge in [-0.3, -0.25) is 0 Å². The number of hydrogen-bond acceptors (Lipinski definition) is 0. The van der Waals surface area contributed by atoms with Crippen LogP contribution in [0.5, 0.6) is 0 Å². The van der Waals surface area contributed by atoms with Gasteiger partial charge in [-0.15, -0.1) is 0 Å². The van der Waals surface area contributed by atoms with E-state index in [-0.39, 0.29) is 5.82 Å². The lowest BCUT2D eigenvalue weighted by molar-refractivity contribution is -0.137. The number of benzene rings is 3. The molecule has 0 N–H and O–H groups in total. The smallest absolute Gasteiger partial charge is 0.206 e. The van der Waals surface area contributed by atoms with Crippen molar-refractivity contribution in [3.8, 4) is 0 Å². The molecule has 0 atom stereocenters. The second kappa shape index (κ2) is 11.6. The van der Waals surface area contributed by atoms with Crippen molar-refractivity contribution in [3.05, 3.63) is 82.7 Å². The van der Waals surface area contributed by atoms with Crippen LogP contribution in [0.1, 0.15) is 92.9 Å². The van der Waals surface area contributed by atoms with E-state index >= 15 is 4.39 Å². The Morgan fingerprint density at radius 1 is 0.800 bits per heavy atom. The Balaban J connectivity index is 1.36. The Labute approximate surface area is 206 Å². The first kappa shape index (κ1) is 25.7. The highest BCUT2D eigenvalue weighted by atomic mass is 19.4. The standard InChI is InChI=1S/C31H36F4/c1-2-3-4-5-6-22-7-12-24(13-8-22)26-17-20-29-27(21-26)16-15-25(30(29)32)14-9-23-10-18-28(19-11-23)31(33,34)35/h10-11,15-22,24H,2-9,12-14H2,1H3.